The van der Waals surface area contributed by atoms with E-state index in [2.05, 4.69) is 11.9 Å². The fourth-order valence-corrected chi connectivity index (χ4v) is 2.38. The molecule has 0 saturated carbocycles. The second kappa shape index (κ2) is 9.13. The minimum absolute atomic E-state index is 0.437. The largest absolute Gasteiger partial charge is 0.504 e. The predicted molar refractivity (Wildman–Crippen MR) is 90.2 cm³/mol. The number of rotatable bonds is 9. The Morgan fingerprint density at radius 3 is 2.35 bits per heavy atom. The zero-order valence-corrected chi connectivity index (χ0v) is 13.6. The van der Waals surface area contributed by atoms with Gasteiger partial charge in [0.15, 0.2) is 5.75 Å². The lowest BCUT2D eigenvalue weighted by Crippen LogP contribution is -1.97. The number of hydrogen-bond donors (Lipinski definition) is 1. The molecule has 23 heavy (non-hydrogen) atoms. The van der Waals surface area contributed by atoms with E-state index in [1.54, 1.807) is 6.07 Å². The Morgan fingerprint density at radius 2 is 1.65 bits per heavy atom. The predicted octanol–water partition coefficient (Wildman–Crippen LogP) is 5.33. The summed E-state index contributed by atoms with van der Waals surface area (Å²) in [6.07, 6.45) is 7.43. The van der Waals surface area contributed by atoms with Crippen LogP contribution in [0.5, 0.6) is 11.5 Å². The number of benzene rings is 1. The molecular weight excluding hydrogens is 293 g/mol. The molecule has 2 aromatic rings. The smallest absolute Gasteiger partial charge is 0.255 e. The van der Waals surface area contributed by atoms with Crippen molar-refractivity contribution in [3.8, 4) is 22.8 Å². The Kier molecular flexibility index (Phi) is 6.85. The van der Waals surface area contributed by atoms with Gasteiger partial charge in [0.25, 0.3) is 5.95 Å². The molecule has 0 bridgehead atoms. The molecule has 0 radical (unpaired) electrons. The molecule has 0 aliphatic heterocycles. The summed E-state index contributed by atoms with van der Waals surface area (Å²) in [5.41, 5.74) is 1.28. The average Bonchev–Trinajstić information content (AvgIpc) is 2.57. The minimum atomic E-state index is -0.856. The fourth-order valence-electron chi connectivity index (χ4n) is 2.38. The van der Waals surface area contributed by atoms with Crippen molar-refractivity contribution in [2.45, 2.75) is 45.4 Å². The third-order valence-corrected chi connectivity index (χ3v) is 3.75. The molecule has 1 aromatic heterocycles. The number of ether oxygens (including phenoxy) is 1. The molecule has 0 fully saturated rings. The molecule has 4 heteroatoms. The monoisotopic (exact) mass is 317 g/mol. The molecule has 3 nitrogen and oxygen atoms in total. The molecular formula is C19H24FNO2. The van der Waals surface area contributed by atoms with Crippen molar-refractivity contribution < 1.29 is 14.2 Å². The van der Waals surface area contributed by atoms with E-state index < -0.39 is 11.7 Å². The van der Waals surface area contributed by atoms with Crippen LogP contribution in [0.1, 0.15) is 45.4 Å². The number of halogens is 1. The van der Waals surface area contributed by atoms with Crippen LogP contribution in [0.4, 0.5) is 4.39 Å². The molecule has 0 spiro atoms. The van der Waals surface area contributed by atoms with E-state index >= 15 is 0 Å². The molecule has 124 valence electrons. The summed E-state index contributed by atoms with van der Waals surface area (Å²) in [5, 5.41) is 9.17. The van der Waals surface area contributed by atoms with Gasteiger partial charge in [0.2, 0.25) is 0 Å². The average molecular weight is 317 g/mol. The van der Waals surface area contributed by atoms with Crippen LogP contribution in [0.25, 0.3) is 11.3 Å². The van der Waals surface area contributed by atoms with Gasteiger partial charge in [0, 0.05) is 5.56 Å². The van der Waals surface area contributed by atoms with Crippen LogP contribution in [0.2, 0.25) is 0 Å². The summed E-state index contributed by atoms with van der Waals surface area (Å²) in [7, 11) is 0. The van der Waals surface area contributed by atoms with Crippen molar-refractivity contribution in [2.75, 3.05) is 6.61 Å². The van der Waals surface area contributed by atoms with E-state index in [1.165, 1.54) is 38.2 Å². The highest BCUT2D eigenvalue weighted by molar-refractivity contribution is 5.60. The minimum Gasteiger partial charge on any atom is -0.504 e. The SMILES string of the molecule is CCCCCCCCOc1ccc(-c2ccc(O)c(F)n2)cc1. The maximum Gasteiger partial charge on any atom is 0.255 e. The molecule has 2 rings (SSSR count). The van der Waals surface area contributed by atoms with Crippen molar-refractivity contribution in [3.05, 3.63) is 42.3 Å². The van der Waals surface area contributed by atoms with Crippen LogP contribution >= 0.6 is 0 Å². The van der Waals surface area contributed by atoms with Crippen molar-refractivity contribution in [1.82, 2.24) is 4.98 Å². The lowest BCUT2D eigenvalue weighted by Gasteiger charge is -2.07. The van der Waals surface area contributed by atoms with Crippen molar-refractivity contribution in [3.63, 3.8) is 0 Å². The van der Waals surface area contributed by atoms with Crippen molar-refractivity contribution >= 4 is 0 Å². The molecule has 1 heterocycles. The highest BCUT2D eigenvalue weighted by Gasteiger charge is 2.05. The van der Waals surface area contributed by atoms with Crippen molar-refractivity contribution in [2.24, 2.45) is 0 Å². The van der Waals surface area contributed by atoms with E-state index in [0.29, 0.717) is 5.69 Å². The summed E-state index contributed by atoms with van der Waals surface area (Å²) >= 11 is 0. The Balaban J connectivity index is 1.79. The highest BCUT2D eigenvalue weighted by Crippen LogP contribution is 2.23. The van der Waals surface area contributed by atoms with Gasteiger partial charge < -0.3 is 9.84 Å². The van der Waals surface area contributed by atoms with Crippen LogP contribution in [0.15, 0.2) is 36.4 Å². The summed E-state index contributed by atoms with van der Waals surface area (Å²) < 4.78 is 19.0. The zero-order chi connectivity index (χ0) is 16.5. The van der Waals surface area contributed by atoms with Gasteiger partial charge in [-0.15, -0.1) is 0 Å². The highest BCUT2D eigenvalue weighted by atomic mass is 19.1. The third-order valence-electron chi connectivity index (χ3n) is 3.75. The molecule has 0 amide bonds. The summed E-state index contributed by atoms with van der Waals surface area (Å²) in [5.74, 6) is -0.486. The summed E-state index contributed by atoms with van der Waals surface area (Å²) in [6.45, 7) is 2.94. The van der Waals surface area contributed by atoms with Crippen LogP contribution < -0.4 is 4.74 Å². The topological polar surface area (TPSA) is 42.4 Å². The first-order chi connectivity index (χ1) is 11.2. The Bertz CT molecular complexity index is 599. The lowest BCUT2D eigenvalue weighted by molar-refractivity contribution is 0.304. The first-order valence-electron chi connectivity index (χ1n) is 8.29. The Hall–Kier alpha value is -2.10. The fraction of sp³-hybridized carbons (Fsp3) is 0.421. The van der Waals surface area contributed by atoms with Gasteiger partial charge >= 0.3 is 0 Å². The quantitative estimate of drug-likeness (QED) is 0.502. The molecule has 0 atom stereocenters. The number of aromatic nitrogens is 1. The molecule has 0 unspecified atom stereocenters. The van der Waals surface area contributed by atoms with E-state index in [0.717, 1.165) is 24.3 Å². The Morgan fingerprint density at radius 1 is 0.957 bits per heavy atom. The van der Waals surface area contributed by atoms with Gasteiger partial charge in [-0.3, -0.25) is 0 Å². The maximum atomic E-state index is 13.3. The number of hydrogen-bond acceptors (Lipinski definition) is 3. The maximum absolute atomic E-state index is 13.3. The summed E-state index contributed by atoms with van der Waals surface area (Å²) in [6, 6.07) is 10.3. The second-order valence-corrected chi connectivity index (χ2v) is 5.65. The molecule has 1 aromatic carbocycles. The van der Waals surface area contributed by atoms with Gasteiger partial charge in [-0.25, -0.2) is 4.98 Å². The standard InChI is InChI=1S/C19H24FNO2/c1-2-3-4-5-6-7-14-23-16-10-8-15(9-11-16)17-12-13-18(22)19(20)21-17/h8-13,22H,2-7,14H2,1H3. The normalized spacial score (nSPS) is 10.7. The number of unbranched alkanes of at least 4 members (excludes halogenated alkanes) is 5. The van der Waals surface area contributed by atoms with Crippen LogP contribution in [-0.2, 0) is 0 Å². The Labute approximate surface area is 137 Å². The molecule has 0 aliphatic rings. The van der Waals surface area contributed by atoms with Gasteiger partial charge in [-0.1, -0.05) is 39.0 Å². The van der Waals surface area contributed by atoms with E-state index in [4.69, 9.17) is 9.84 Å². The van der Waals surface area contributed by atoms with Gasteiger partial charge in [0.1, 0.15) is 5.75 Å². The third kappa shape index (κ3) is 5.55. The first-order valence-corrected chi connectivity index (χ1v) is 8.29. The number of aromatic hydroxyl groups is 1. The van der Waals surface area contributed by atoms with Gasteiger partial charge in [0.05, 0.1) is 12.3 Å². The van der Waals surface area contributed by atoms with Crippen LogP contribution in [-0.4, -0.2) is 16.7 Å². The van der Waals surface area contributed by atoms with E-state index in [-0.39, 0.29) is 0 Å². The lowest BCUT2D eigenvalue weighted by atomic mass is 10.1. The molecule has 1 N–H and O–H groups in total. The number of pyridine rings is 1. The zero-order valence-electron chi connectivity index (χ0n) is 13.6. The molecule has 0 aliphatic carbocycles. The van der Waals surface area contributed by atoms with E-state index in [1.807, 2.05) is 24.3 Å². The first kappa shape index (κ1) is 17.3. The van der Waals surface area contributed by atoms with Crippen molar-refractivity contribution in [1.29, 1.82) is 0 Å². The van der Waals surface area contributed by atoms with Gasteiger partial charge in [-0.2, -0.15) is 4.39 Å². The molecule has 0 saturated heterocycles. The summed E-state index contributed by atoms with van der Waals surface area (Å²) in [4.78, 5) is 3.73. The van der Waals surface area contributed by atoms with Crippen LogP contribution in [0.3, 0.4) is 0 Å². The van der Waals surface area contributed by atoms with Gasteiger partial charge in [-0.05, 0) is 42.8 Å². The second-order valence-electron chi connectivity index (χ2n) is 5.65. The van der Waals surface area contributed by atoms with Crippen LogP contribution in [0, 0.1) is 5.95 Å². The number of nitrogens with zero attached hydrogens (tertiary/aromatic N) is 1. The van der Waals surface area contributed by atoms with E-state index in [9.17, 15) is 4.39 Å².